The van der Waals surface area contributed by atoms with E-state index in [1.807, 2.05) is 20.8 Å². The molecule has 0 aliphatic carbocycles. The molecule has 35 heavy (non-hydrogen) atoms. The molecule has 3 aromatic rings. The van der Waals surface area contributed by atoms with Crippen molar-refractivity contribution in [1.29, 1.82) is 0 Å². The Labute approximate surface area is 205 Å². The highest BCUT2D eigenvalue weighted by molar-refractivity contribution is 7.92. The molecule has 0 bridgehead atoms. The van der Waals surface area contributed by atoms with Gasteiger partial charge in [-0.3, -0.25) is 9.10 Å². The zero-order valence-corrected chi connectivity index (χ0v) is 20.9. The number of hydrogen-bond acceptors (Lipinski definition) is 5. The molecule has 0 saturated carbocycles. The van der Waals surface area contributed by atoms with Gasteiger partial charge >= 0.3 is 0 Å². The minimum Gasteiger partial charge on any atom is -0.493 e. The summed E-state index contributed by atoms with van der Waals surface area (Å²) in [6.07, 6.45) is -0.0331. The van der Waals surface area contributed by atoms with Crippen LogP contribution in [-0.2, 0) is 21.4 Å². The number of nitrogens with one attached hydrogen (secondary N) is 1. The molecule has 0 spiro atoms. The number of rotatable bonds is 10. The molecule has 0 heterocycles. The second-order valence-corrected chi connectivity index (χ2v) is 10.1. The molecule has 0 aliphatic heterocycles. The Morgan fingerprint density at radius 3 is 2.34 bits per heavy atom. The highest BCUT2D eigenvalue weighted by Gasteiger charge is 2.29. The van der Waals surface area contributed by atoms with Crippen molar-refractivity contribution in [3.63, 3.8) is 0 Å². The predicted molar refractivity (Wildman–Crippen MR) is 133 cm³/mol. The lowest BCUT2D eigenvalue weighted by Gasteiger charge is -2.24. The highest BCUT2D eigenvalue weighted by atomic mass is 32.2. The molecular weight excluding hydrogens is 471 g/mol. The van der Waals surface area contributed by atoms with Crippen LogP contribution >= 0.6 is 0 Å². The molecule has 9 heteroatoms. The van der Waals surface area contributed by atoms with Crippen LogP contribution in [0.2, 0.25) is 0 Å². The summed E-state index contributed by atoms with van der Waals surface area (Å²) >= 11 is 0. The number of amides is 1. The molecule has 186 valence electrons. The summed E-state index contributed by atoms with van der Waals surface area (Å²) in [6.45, 7) is 5.16. The van der Waals surface area contributed by atoms with E-state index in [2.05, 4.69) is 5.32 Å². The molecule has 0 radical (unpaired) electrons. The zero-order valence-electron chi connectivity index (χ0n) is 20.1. The number of methoxy groups -OCH3 is 1. The molecule has 0 atom stereocenters. The monoisotopic (exact) mass is 500 g/mol. The maximum atomic E-state index is 14.6. The van der Waals surface area contributed by atoms with Crippen LogP contribution in [0.5, 0.6) is 11.5 Å². The third-order valence-electron chi connectivity index (χ3n) is 5.10. The van der Waals surface area contributed by atoms with Crippen molar-refractivity contribution in [2.24, 2.45) is 0 Å². The number of nitrogens with zero attached hydrogens (tertiary/aromatic N) is 1. The fourth-order valence-electron chi connectivity index (χ4n) is 3.35. The van der Waals surface area contributed by atoms with E-state index in [1.165, 1.54) is 37.4 Å². The van der Waals surface area contributed by atoms with Crippen LogP contribution in [-0.4, -0.2) is 34.1 Å². The molecule has 3 aromatic carbocycles. The van der Waals surface area contributed by atoms with Crippen LogP contribution in [0.3, 0.4) is 0 Å². The number of anilines is 1. The van der Waals surface area contributed by atoms with Crippen molar-refractivity contribution < 1.29 is 27.1 Å². The summed E-state index contributed by atoms with van der Waals surface area (Å²) in [7, 11) is -2.68. The lowest BCUT2D eigenvalue weighted by atomic mass is 10.2. The van der Waals surface area contributed by atoms with Crippen LogP contribution in [0.4, 0.5) is 10.1 Å². The molecule has 1 amide bonds. The SMILES string of the molecule is COc1cc(CNC(=O)CN(c2ccccc2F)S(=O)(=O)c2ccc(C)cc2)ccc1OC(C)C. The first-order chi connectivity index (χ1) is 16.6. The number of ether oxygens (including phenoxy) is 2. The predicted octanol–water partition coefficient (Wildman–Crippen LogP) is 4.44. The third-order valence-corrected chi connectivity index (χ3v) is 6.87. The van der Waals surface area contributed by atoms with Gasteiger partial charge in [-0.15, -0.1) is 0 Å². The van der Waals surface area contributed by atoms with Crippen LogP contribution in [0, 0.1) is 12.7 Å². The molecule has 0 saturated heterocycles. The lowest BCUT2D eigenvalue weighted by Crippen LogP contribution is -2.41. The average Bonchev–Trinajstić information content (AvgIpc) is 2.82. The van der Waals surface area contributed by atoms with Crippen molar-refractivity contribution >= 4 is 21.6 Å². The fraction of sp³-hybridized carbons (Fsp3) is 0.269. The van der Waals surface area contributed by atoms with E-state index in [9.17, 15) is 17.6 Å². The maximum Gasteiger partial charge on any atom is 0.264 e. The summed E-state index contributed by atoms with van der Waals surface area (Å²) in [5.74, 6) is -0.250. The normalized spacial score (nSPS) is 11.3. The van der Waals surface area contributed by atoms with Crippen LogP contribution in [0.1, 0.15) is 25.0 Å². The van der Waals surface area contributed by atoms with Gasteiger partial charge in [-0.05, 0) is 62.7 Å². The van der Waals surface area contributed by atoms with Crippen molar-refractivity contribution in [3.05, 3.63) is 83.7 Å². The van der Waals surface area contributed by atoms with Gasteiger partial charge in [0, 0.05) is 6.54 Å². The second-order valence-electron chi connectivity index (χ2n) is 8.20. The summed E-state index contributed by atoms with van der Waals surface area (Å²) < 4.78 is 53.2. The maximum absolute atomic E-state index is 14.6. The van der Waals surface area contributed by atoms with E-state index in [1.54, 1.807) is 30.3 Å². The van der Waals surface area contributed by atoms with Gasteiger partial charge in [0.1, 0.15) is 12.4 Å². The molecule has 7 nitrogen and oxygen atoms in total. The van der Waals surface area contributed by atoms with E-state index >= 15 is 0 Å². The quantitative estimate of drug-likeness (QED) is 0.445. The molecule has 1 N–H and O–H groups in total. The van der Waals surface area contributed by atoms with Crippen LogP contribution in [0.25, 0.3) is 0 Å². The Morgan fingerprint density at radius 2 is 1.71 bits per heavy atom. The number of carbonyl (C=O) groups is 1. The fourth-order valence-corrected chi connectivity index (χ4v) is 4.78. The van der Waals surface area contributed by atoms with Crippen LogP contribution < -0.4 is 19.1 Å². The second kappa shape index (κ2) is 11.2. The number of carbonyl (C=O) groups excluding carboxylic acids is 1. The van der Waals surface area contributed by atoms with Crippen molar-refractivity contribution in [1.82, 2.24) is 5.32 Å². The smallest absolute Gasteiger partial charge is 0.264 e. The largest absolute Gasteiger partial charge is 0.493 e. The number of para-hydroxylation sites is 1. The van der Waals surface area contributed by atoms with Gasteiger partial charge in [-0.2, -0.15) is 0 Å². The summed E-state index contributed by atoms with van der Waals surface area (Å²) in [5.41, 5.74) is 1.39. The van der Waals surface area contributed by atoms with Crippen LogP contribution in [0.15, 0.2) is 71.6 Å². The first-order valence-electron chi connectivity index (χ1n) is 11.1. The Hall–Kier alpha value is -3.59. The summed E-state index contributed by atoms with van der Waals surface area (Å²) in [6, 6.07) is 16.9. The number of aryl methyl sites for hydroxylation is 1. The van der Waals surface area contributed by atoms with Gasteiger partial charge in [-0.1, -0.05) is 35.9 Å². The minimum absolute atomic E-state index is 0.0331. The van der Waals surface area contributed by atoms with E-state index in [0.717, 1.165) is 21.5 Å². The Bertz CT molecular complexity index is 1280. The van der Waals surface area contributed by atoms with Gasteiger partial charge in [0.25, 0.3) is 10.0 Å². The van der Waals surface area contributed by atoms with E-state index in [4.69, 9.17) is 9.47 Å². The molecule has 0 aliphatic rings. The summed E-state index contributed by atoms with van der Waals surface area (Å²) in [4.78, 5) is 12.8. The standard InChI is InChI=1S/C26H29FN2O5S/c1-18(2)34-24-14-11-20(15-25(24)33-4)16-28-26(30)17-29(23-8-6-5-7-22(23)27)35(31,32)21-12-9-19(3)10-13-21/h5-15,18H,16-17H2,1-4H3,(H,28,30). The average molecular weight is 501 g/mol. The lowest BCUT2D eigenvalue weighted by molar-refractivity contribution is -0.119. The van der Waals surface area contributed by atoms with Crippen molar-refractivity contribution in [3.8, 4) is 11.5 Å². The molecular formula is C26H29FN2O5S. The molecule has 0 unspecified atom stereocenters. The first-order valence-corrected chi connectivity index (χ1v) is 12.5. The van der Waals surface area contributed by atoms with E-state index in [-0.39, 0.29) is 23.2 Å². The van der Waals surface area contributed by atoms with Crippen molar-refractivity contribution in [2.75, 3.05) is 18.0 Å². The Balaban J connectivity index is 1.81. The first kappa shape index (κ1) is 26.0. The number of benzene rings is 3. The topological polar surface area (TPSA) is 84.9 Å². The van der Waals surface area contributed by atoms with Crippen molar-refractivity contribution in [2.45, 2.75) is 38.3 Å². The highest BCUT2D eigenvalue weighted by Crippen LogP contribution is 2.29. The van der Waals surface area contributed by atoms with E-state index < -0.39 is 28.3 Å². The Morgan fingerprint density at radius 1 is 1.03 bits per heavy atom. The van der Waals surface area contributed by atoms with Gasteiger partial charge in [0.15, 0.2) is 11.5 Å². The number of sulfonamides is 1. The third kappa shape index (κ3) is 6.51. The Kier molecular flexibility index (Phi) is 8.34. The van der Waals surface area contributed by atoms with Gasteiger partial charge < -0.3 is 14.8 Å². The molecule has 0 aromatic heterocycles. The zero-order chi connectivity index (χ0) is 25.6. The number of halogens is 1. The minimum atomic E-state index is -4.20. The van der Waals surface area contributed by atoms with Gasteiger partial charge in [0.2, 0.25) is 5.91 Å². The number of hydrogen-bond donors (Lipinski definition) is 1. The molecule has 0 fully saturated rings. The molecule has 3 rings (SSSR count). The van der Waals surface area contributed by atoms with E-state index in [0.29, 0.717) is 11.5 Å². The van der Waals surface area contributed by atoms with Gasteiger partial charge in [0.05, 0.1) is 23.8 Å². The summed E-state index contributed by atoms with van der Waals surface area (Å²) in [5, 5.41) is 2.70. The van der Waals surface area contributed by atoms with Gasteiger partial charge in [-0.25, -0.2) is 12.8 Å².